The molecule has 168 valence electrons. The molecule has 1 heterocycles. The van der Waals surface area contributed by atoms with Crippen LogP contribution in [0, 0.1) is 0 Å². The summed E-state index contributed by atoms with van der Waals surface area (Å²) < 4.78 is 27.4. The van der Waals surface area contributed by atoms with Gasteiger partial charge in [0.25, 0.3) is 0 Å². The molecule has 31 heavy (non-hydrogen) atoms. The van der Waals surface area contributed by atoms with Gasteiger partial charge in [-0.15, -0.1) is 0 Å². The van der Waals surface area contributed by atoms with Crippen molar-refractivity contribution in [3.8, 4) is 0 Å². The van der Waals surface area contributed by atoms with E-state index < -0.39 is 10.0 Å². The van der Waals surface area contributed by atoms with Crippen molar-refractivity contribution in [3.63, 3.8) is 0 Å². The number of piperazine rings is 1. The first-order valence-corrected chi connectivity index (χ1v) is 12.6. The summed E-state index contributed by atoms with van der Waals surface area (Å²) in [5.41, 5.74) is 1.68. The van der Waals surface area contributed by atoms with Crippen molar-refractivity contribution in [1.82, 2.24) is 14.1 Å². The number of benzene rings is 1. The second kappa shape index (κ2) is 9.22. The largest absolute Gasteiger partial charge is 0.312 e. The van der Waals surface area contributed by atoms with Crippen LogP contribution >= 0.6 is 0 Å². The van der Waals surface area contributed by atoms with E-state index in [1.165, 1.54) is 35.5 Å². The lowest BCUT2D eigenvalue weighted by Crippen LogP contribution is -2.51. The normalized spacial score (nSPS) is 20.9. The molecule has 1 saturated heterocycles. The van der Waals surface area contributed by atoms with Gasteiger partial charge in [0, 0.05) is 43.5 Å². The molecule has 0 unspecified atom stereocenters. The quantitative estimate of drug-likeness (QED) is 0.603. The molecule has 2 fully saturated rings. The van der Waals surface area contributed by atoms with Gasteiger partial charge in [-0.2, -0.15) is 4.31 Å². The van der Waals surface area contributed by atoms with E-state index in [2.05, 4.69) is 11.0 Å². The van der Waals surface area contributed by atoms with Crippen LogP contribution in [0.15, 0.2) is 40.9 Å². The zero-order valence-electron chi connectivity index (χ0n) is 18.1. The van der Waals surface area contributed by atoms with E-state index in [1.54, 1.807) is 12.1 Å². The minimum atomic E-state index is -3.60. The smallest absolute Gasteiger partial charge is 0.243 e. The first-order valence-electron chi connectivity index (χ1n) is 11.2. The molecule has 1 aromatic carbocycles. The number of carbonyl (C=O) groups is 2. The van der Waals surface area contributed by atoms with Crippen LogP contribution in [0.3, 0.4) is 0 Å². The van der Waals surface area contributed by atoms with Gasteiger partial charge in [0.2, 0.25) is 15.9 Å². The third-order valence-corrected chi connectivity index (χ3v) is 8.26. The van der Waals surface area contributed by atoms with Crippen LogP contribution in [0.25, 0.3) is 0 Å². The Hall–Kier alpha value is -2.03. The first-order chi connectivity index (χ1) is 14.9. The minimum absolute atomic E-state index is 0.0912. The molecule has 0 spiro atoms. The van der Waals surface area contributed by atoms with Crippen LogP contribution in [0.2, 0.25) is 0 Å². The topological polar surface area (TPSA) is 78.0 Å². The summed E-state index contributed by atoms with van der Waals surface area (Å²) >= 11 is 0. The number of nitrogens with zero attached hydrogens (tertiary/aromatic N) is 3. The zero-order chi connectivity index (χ0) is 22.0. The van der Waals surface area contributed by atoms with Gasteiger partial charge in [0.05, 0.1) is 11.4 Å². The highest BCUT2D eigenvalue weighted by Crippen LogP contribution is 2.34. The van der Waals surface area contributed by atoms with E-state index in [0.717, 1.165) is 32.1 Å². The molecule has 4 rings (SSSR count). The van der Waals surface area contributed by atoms with Gasteiger partial charge >= 0.3 is 0 Å². The number of hydrogen-bond acceptors (Lipinski definition) is 5. The van der Waals surface area contributed by atoms with E-state index in [1.807, 2.05) is 4.90 Å². The Bertz CT molecular complexity index is 959. The van der Waals surface area contributed by atoms with Crippen molar-refractivity contribution in [2.45, 2.75) is 56.4 Å². The summed E-state index contributed by atoms with van der Waals surface area (Å²) in [4.78, 5) is 28.8. The third kappa shape index (κ3) is 5.07. The molecule has 1 aromatic rings. The molecule has 0 radical (unpaired) electrons. The predicted octanol–water partition coefficient (Wildman–Crippen LogP) is 2.64. The zero-order valence-corrected chi connectivity index (χ0v) is 18.9. The van der Waals surface area contributed by atoms with Gasteiger partial charge < -0.3 is 4.90 Å². The molecular formula is C23H31N3O4S. The van der Waals surface area contributed by atoms with Gasteiger partial charge in [0.15, 0.2) is 5.78 Å². The van der Waals surface area contributed by atoms with Crippen molar-refractivity contribution in [2.24, 2.45) is 0 Å². The molecule has 2 aliphatic carbocycles. The SMILES string of the molecule is CC(=O)c1ccc(S(=O)(=O)N2CCN(CC(=O)N(C3=CCCCC3)C3CC3)CC2)cc1. The Morgan fingerprint density at radius 3 is 2.26 bits per heavy atom. The highest BCUT2D eigenvalue weighted by atomic mass is 32.2. The van der Waals surface area contributed by atoms with Gasteiger partial charge in [-0.25, -0.2) is 8.42 Å². The van der Waals surface area contributed by atoms with Crippen LogP contribution in [-0.4, -0.2) is 73.0 Å². The lowest BCUT2D eigenvalue weighted by Gasteiger charge is -2.35. The molecular weight excluding hydrogens is 414 g/mol. The van der Waals surface area contributed by atoms with Crippen molar-refractivity contribution >= 4 is 21.7 Å². The minimum Gasteiger partial charge on any atom is -0.312 e. The maximum absolute atomic E-state index is 13.1. The van der Waals surface area contributed by atoms with E-state index in [4.69, 9.17) is 0 Å². The van der Waals surface area contributed by atoms with Gasteiger partial charge in [0.1, 0.15) is 0 Å². The van der Waals surface area contributed by atoms with E-state index in [9.17, 15) is 18.0 Å². The number of ketones is 1. The second-order valence-electron chi connectivity index (χ2n) is 8.70. The van der Waals surface area contributed by atoms with E-state index in [-0.39, 0.29) is 16.6 Å². The van der Waals surface area contributed by atoms with Crippen molar-refractivity contribution < 1.29 is 18.0 Å². The molecule has 8 heteroatoms. The summed E-state index contributed by atoms with van der Waals surface area (Å²) in [6.07, 6.45) is 8.76. The predicted molar refractivity (Wildman–Crippen MR) is 118 cm³/mol. The van der Waals surface area contributed by atoms with Gasteiger partial charge in [-0.1, -0.05) is 18.2 Å². The standard InChI is InChI=1S/C23H31N3O4S/c1-18(27)19-7-11-22(12-8-19)31(29,30)25-15-13-24(14-16-25)17-23(28)26(21-9-10-21)20-5-3-2-4-6-20/h5,7-8,11-12,21H,2-4,6,9-10,13-17H2,1H3. The van der Waals surface area contributed by atoms with Gasteiger partial charge in [-0.3, -0.25) is 14.5 Å². The maximum Gasteiger partial charge on any atom is 0.243 e. The fraction of sp³-hybridized carbons (Fsp3) is 0.565. The summed E-state index contributed by atoms with van der Waals surface area (Å²) in [5.74, 6) is 0.0539. The molecule has 0 atom stereocenters. The number of carbonyl (C=O) groups excluding carboxylic acids is 2. The fourth-order valence-electron chi connectivity index (χ4n) is 4.38. The number of sulfonamides is 1. The highest BCUT2D eigenvalue weighted by Gasteiger charge is 2.36. The number of rotatable bonds is 7. The molecule has 7 nitrogen and oxygen atoms in total. The number of amides is 1. The van der Waals surface area contributed by atoms with Crippen LogP contribution in [0.4, 0.5) is 0 Å². The molecule has 3 aliphatic rings. The maximum atomic E-state index is 13.1. The Morgan fingerprint density at radius 2 is 1.71 bits per heavy atom. The van der Waals surface area contributed by atoms with Crippen LogP contribution < -0.4 is 0 Å². The molecule has 1 saturated carbocycles. The van der Waals surface area contributed by atoms with Crippen molar-refractivity contribution in [1.29, 1.82) is 0 Å². The van der Waals surface area contributed by atoms with E-state index in [0.29, 0.717) is 44.3 Å². The lowest BCUT2D eigenvalue weighted by molar-refractivity contribution is -0.131. The molecule has 0 bridgehead atoms. The van der Waals surface area contributed by atoms with Crippen LogP contribution in [-0.2, 0) is 14.8 Å². The number of hydrogen-bond donors (Lipinski definition) is 0. The van der Waals surface area contributed by atoms with Crippen molar-refractivity contribution in [2.75, 3.05) is 32.7 Å². The molecule has 1 aliphatic heterocycles. The lowest BCUT2D eigenvalue weighted by atomic mass is 10.0. The summed E-state index contributed by atoms with van der Waals surface area (Å²) in [6.45, 7) is 3.59. The summed E-state index contributed by atoms with van der Waals surface area (Å²) in [5, 5.41) is 0. The first kappa shape index (κ1) is 22.2. The Labute approximate surface area is 184 Å². The second-order valence-corrected chi connectivity index (χ2v) is 10.6. The Kier molecular flexibility index (Phi) is 6.60. The fourth-order valence-corrected chi connectivity index (χ4v) is 5.80. The monoisotopic (exact) mass is 445 g/mol. The number of allylic oxidation sites excluding steroid dienone is 2. The van der Waals surface area contributed by atoms with Gasteiger partial charge in [-0.05, 0) is 57.6 Å². The Balaban J connectivity index is 1.35. The average molecular weight is 446 g/mol. The molecule has 0 N–H and O–H groups in total. The third-order valence-electron chi connectivity index (χ3n) is 6.35. The van der Waals surface area contributed by atoms with Crippen LogP contribution in [0.5, 0.6) is 0 Å². The molecule has 0 aromatic heterocycles. The molecule has 1 amide bonds. The highest BCUT2D eigenvalue weighted by molar-refractivity contribution is 7.89. The number of Topliss-reactive ketones (excluding diaryl/α,β-unsaturated/α-hetero) is 1. The average Bonchev–Trinajstić information content (AvgIpc) is 3.60. The van der Waals surface area contributed by atoms with Crippen molar-refractivity contribution in [3.05, 3.63) is 41.6 Å². The van der Waals surface area contributed by atoms with E-state index >= 15 is 0 Å². The summed E-state index contributed by atoms with van der Waals surface area (Å²) in [7, 11) is -3.60. The Morgan fingerprint density at radius 1 is 1.03 bits per heavy atom. The summed E-state index contributed by atoms with van der Waals surface area (Å²) in [6, 6.07) is 6.45. The van der Waals surface area contributed by atoms with Crippen LogP contribution in [0.1, 0.15) is 55.8 Å².